The van der Waals surface area contributed by atoms with Crippen LogP contribution in [0.25, 0.3) is 0 Å². The fourth-order valence-corrected chi connectivity index (χ4v) is 2.15. The van der Waals surface area contributed by atoms with Crippen LogP contribution in [-0.4, -0.2) is 30.1 Å². The molecular weight excluding hydrogens is 280 g/mol. The largest absolute Gasteiger partial charge is 0.369 e. The number of hydrogen-bond donors (Lipinski definition) is 0. The predicted octanol–water partition coefficient (Wildman–Crippen LogP) is 3.66. The third kappa shape index (κ3) is 4.06. The first kappa shape index (κ1) is 14.6. The van der Waals surface area contributed by atoms with Gasteiger partial charge >= 0.3 is 0 Å². The van der Waals surface area contributed by atoms with E-state index in [4.69, 9.17) is 34.8 Å². The van der Waals surface area contributed by atoms with Crippen LogP contribution in [0.15, 0.2) is 18.2 Å². The van der Waals surface area contributed by atoms with Gasteiger partial charge in [0.05, 0.1) is 0 Å². The van der Waals surface area contributed by atoms with E-state index in [1.807, 2.05) is 13.0 Å². The smallest absolute Gasteiger partial charge is 0.252 e. The minimum absolute atomic E-state index is 0.456. The molecule has 0 bridgehead atoms. The Balaban J connectivity index is 3.07. The maximum absolute atomic E-state index is 11.1. The fourth-order valence-electron chi connectivity index (χ4n) is 1.63. The Morgan fingerprint density at radius 1 is 1.24 bits per heavy atom. The SMILES string of the molecule is Cc1ccc(C(=O)Cl)cc1N(CCCl)CCCl. The molecule has 0 N–H and O–H groups in total. The average molecular weight is 295 g/mol. The van der Waals surface area contributed by atoms with Gasteiger partial charge in [0.1, 0.15) is 0 Å². The van der Waals surface area contributed by atoms with Gasteiger partial charge in [-0.1, -0.05) is 6.07 Å². The molecule has 2 nitrogen and oxygen atoms in total. The number of nitrogens with zero attached hydrogens (tertiary/aromatic N) is 1. The molecule has 5 heteroatoms. The van der Waals surface area contributed by atoms with Crippen LogP contribution < -0.4 is 4.90 Å². The van der Waals surface area contributed by atoms with Crippen molar-refractivity contribution in [2.75, 3.05) is 29.7 Å². The van der Waals surface area contributed by atoms with E-state index in [0.29, 0.717) is 30.4 Å². The molecule has 17 heavy (non-hydrogen) atoms. The summed E-state index contributed by atoms with van der Waals surface area (Å²) in [5, 5.41) is -0.456. The van der Waals surface area contributed by atoms with Crippen LogP contribution in [0.2, 0.25) is 0 Å². The molecule has 94 valence electrons. The number of anilines is 1. The second kappa shape index (κ2) is 7.10. The Bertz CT molecular complexity index is 389. The molecule has 0 heterocycles. The van der Waals surface area contributed by atoms with Crippen LogP contribution in [0.1, 0.15) is 15.9 Å². The third-order valence-corrected chi connectivity index (χ3v) is 3.04. The van der Waals surface area contributed by atoms with Gasteiger partial charge in [-0.25, -0.2) is 0 Å². The summed E-state index contributed by atoms with van der Waals surface area (Å²) in [7, 11) is 0. The fraction of sp³-hybridized carbons (Fsp3) is 0.417. The molecule has 0 aliphatic carbocycles. The number of halogens is 3. The Morgan fingerprint density at radius 3 is 2.29 bits per heavy atom. The highest BCUT2D eigenvalue weighted by Gasteiger charge is 2.11. The summed E-state index contributed by atoms with van der Waals surface area (Å²) in [5.74, 6) is 1.02. The zero-order valence-electron chi connectivity index (χ0n) is 9.55. The number of alkyl halides is 2. The first-order chi connectivity index (χ1) is 8.10. The van der Waals surface area contributed by atoms with E-state index < -0.39 is 5.24 Å². The van der Waals surface area contributed by atoms with Gasteiger partial charge in [-0.3, -0.25) is 4.79 Å². The van der Waals surface area contributed by atoms with Crippen molar-refractivity contribution < 1.29 is 4.79 Å². The molecule has 0 radical (unpaired) electrons. The molecule has 0 saturated heterocycles. The molecule has 0 fully saturated rings. The molecule has 0 amide bonds. The highest BCUT2D eigenvalue weighted by atomic mass is 35.5. The van der Waals surface area contributed by atoms with Gasteiger partial charge in [-0.2, -0.15) is 0 Å². The van der Waals surface area contributed by atoms with E-state index in [9.17, 15) is 4.79 Å². The minimum Gasteiger partial charge on any atom is -0.369 e. The summed E-state index contributed by atoms with van der Waals surface area (Å²) in [6, 6.07) is 5.37. The molecule has 0 spiro atoms. The van der Waals surface area contributed by atoms with Crippen LogP contribution in [-0.2, 0) is 0 Å². The summed E-state index contributed by atoms with van der Waals surface area (Å²) in [6.45, 7) is 3.36. The van der Waals surface area contributed by atoms with Gasteiger partial charge in [0.15, 0.2) is 0 Å². The zero-order valence-corrected chi connectivity index (χ0v) is 11.8. The molecule has 1 rings (SSSR count). The second-order valence-electron chi connectivity index (χ2n) is 3.64. The van der Waals surface area contributed by atoms with Gasteiger partial charge in [-0.05, 0) is 36.2 Å². The van der Waals surface area contributed by atoms with E-state index in [0.717, 1.165) is 11.3 Å². The van der Waals surface area contributed by atoms with Crippen LogP contribution in [0.3, 0.4) is 0 Å². The maximum Gasteiger partial charge on any atom is 0.252 e. The number of aryl methyl sites for hydroxylation is 1. The molecule has 1 aromatic rings. The van der Waals surface area contributed by atoms with Gasteiger partial charge in [0.2, 0.25) is 0 Å². The van der Waals surface area contributed by atoms with Gasteiger partial charge in [-0.15, -0.1) is 23.2 Å². The maximum atomic E-state index is 11.1. The van der Waals surface area contributed by atoms with Crippen molar-refractivity contribution in [2.24, 2.45) is 0 Å². The normalized spacial score (nSPS) is 10.4. The number of hydrogen-bond acceptors (Lipinski definition) is 2. The highest BCUT2D eigenvalue weighted by Crippen LogP contribution is 2.22. The topological polar surface area (TPSA) is 20.3 Å². The average Bonchev–Trinajstić information content (AvgIpc) is 2.29. The molecule has 0 aliphatic heterocycles. The zero-order chi connectivity index (χ0) is 12.8. The number of rotatable bonds is 6. The van der Waals surface area contributed by atoms with E-state index in [1.165, 1.54) is 0 Å². The second-order valence-corrected chi connectivity index (χ2v) is 4.74. The van der Waals surface area contributed by atoms with E-state index in [1.54, 1.807) is 12.1 Å². The van der Waals surface area contributed by atoms with Gasteiger partial charge in [0.25, 0.3) is 5.24 Å². The van der Waals surface area contributed by atoms with E-state index >= 15 is 0 Å². The summed E-state index contributed by atoms with van der Waals surface area (Å²) in [5.41, 5.74) is 2.51. The summed E-state index contributed by atoms with van der Waals surface area (Å²) in [6.07, 6.45) is 0. The first-order valence-corrected chi connectivity index (χ1v) is 6.72. The van der Waals surface area contributed by atoms with Crippen molar-refractivity contribution in [1.82, 2.24) is 0 Å². The number of carbonyl (C=O) groups excluding carboxylic acids is 1. The summed E-state index contributed by atoms with van der Waals surface area (Å²) in [4.78, 5) is 13.2. The molecule has 0 atom stereocenters. The summed E-state index contributed by atoms with van der Waals surface area (Å²) < 4.78 is 0. The lowest BCUT2D eigenvalue weighted by atomic mass is 10.1. The predicted molar refractivity (Wildman–Crippen MR) is 75.0 cm³/mol. The molecule has 0 aromatic heterocycles. The Kier molecular flexibility index (Phi) is 6.10. The summed E-state index contributed by atoms with van der Waals surface area (Å²) >= 11 is 17.0. The highest BCUT2D eigenvalue weighted by molar-refractivity contribution is 6.67. The van der Waals surface area contributed by atoms with Crippen LogP contribution in [0, 0.1) is 6.92 Å². The quantitative estimate of drug-likeness (QED) is 0.589. The molecule has 0 saturated carbocycles. The van der Waals surface area contributed by atoms with Crippen molar-refractivity contribution in [3.05, 3.63) is 29.3 Å². The van der Waals surface area contributed by atoms with Crippen molar-refractivity contribution >= 4 is 45.7 Å². The van der Waals surface area contributed by atoms with Crippen LogP contribution >= 0.6 is 34.8 Å². The lowest BCUT2D eigenvalue weighted by Crippen LogP contribution is -2.28. The third-order valence-electron chi connectivity index (χ3n) is 2.49. The van der Waals surface area contributed by atoms with Gasteiger partial charge < -0.3 is 4.90 Å². The minimum atomic E-state index is -0.456. The lowest BCUT2D eigenvalue weighted by Gasteiger charge is -2.25. The molecular formula is C12H14Cl3NO. The molecule has 0 unspecified atom stereocenters. The lowest BCUT2D eigenvalue weighted by molar-refractivity contribution is 0.108. The van der Waals surface area contributed by atoms with Crippen molar-refractivity contribution in [3.8, 4) is 0 Å². The molecule has 1 aromatic carbocycles. The molecule has 0 aliphatic rings. The number of carbonyl (C=O) groups is 1. The monoisotopic (exact) mass is 293 g/mol. The van der Waals surface area contributed by atoms with Crippen molar-refractivity contribution in [2.45, 2.75) is 6.92 Å². The standard InChI is InChI=1S/C12H14Cl3NO/c1-9-2-3-10(12(15)17)8-11(9)16(6-4-13)7-5-14/h2-3,8H,4-7H2,1H3. The van der Waals surface area contributed by atoms with Crippen LogP contribution in [0.4, 0.5) is 5.69 Å². The van der Waals surface area contributed by atoms with Gasteiger partial charge in [0, 0.05) is 36.1 Å². The van der Waals surface area contributed by atoms with Crippen molar-refractivity contribution in [3.63, 3.8) is 0 Å². The Morgan fingerprint density at radius 2 is 1.82 bits per heavy atom. The van der Waals surface area contributed by atoms with E-state index in [-0.39, 0.29) is 0 Å². The Hall–Kier alpha value is -0.440. The first-order valence-electron chi connectivity index (χ1n) is 5.27. The van der Waals surface area contributed by atoms with Crippen molar-refractivity contribution in [1.29, 1.82) is 0 Å². The number of benzene rings is 1. The Labute approximate surface area is 116 Å². The van der Waals surface area contributed by atoms with Crippen LogP contribution in [0.5, 0.6) is 0 Å². The van der Waals surface area contributed by atoms with E-state index in [2.05, 4.69) is 4.90 Å².